The molecule has 100 valence electrons. The van der Waals surface area contributed by atoms with Crippen molar-refractivity contribution < 1.29 is 4.79 Å². The molecule has 18 heavy (non-hydrogen) atoms. The summed E-state index contributed by atoms with van der Waals surface area (Å²) in [7, 11) is 0. The molecule has 0 saturated heterocycles. The summed E-state index contributed by atoms with van der Waals surface area (Å²) in [5.74, 6) is 1.71. The molecule has 1 rings (SSSR count). The average molecular weight is 251 g/mol. The molecule has 1 atom stereocenters. The van der Waals surface area contributed by atoms with Gasteiger partial charge < -0.3 is 16.4 Å². The number of carbonyl (C=O) groups is 1. The predicted octanol–water partition coefficient (Wildman–Crippen LogP) is 1.15. The van der Waals surface area contributed by atoms with Gasteiger partial charge in [-0.2, -0.15) is 0 Å². The second kappa shape index (κ2) is 6.78. The van der Waals surface area contributed by atoms with Gasteiger partial charge in [0.15, 0.2) is 0 Å². The normalized spacial score (nSPS) is 11.9. The second-order valence-electron chi connectivity index (χ2n) is 4.10. The minimum atomic E-state index is -0.455. The summed E-state index contributed by atoms with van der Waals surface area (Å²) < 4.78 is 0. The van der Waals surface area contributed by atoms with Gasteiger partial charge in [-0.3, -0.25) is 4.79 Å². The number of amides is 1. The third-order valence-corrected chi connectivity index (χ3v) is 2.44. The lowest BCUT2D eigenvalue weighted by Crippen LogP contribution is -2.32. The first kappa shape index (κ1) is 14.2. The van der Waals surface area contributed by atoms with Crippen LogP contribution in [0.25, 0.3) is 0 Å². The summed E-state index contributed by atoms with van der Waals surface area (Å²) in [5.41, 5.74) is 5.21. The van der Waals surface area contributed by atoms with Crippen molar-refractivity contribution >= 4 is 17.5 Å². The summed E-state index contributed by atoms with van der Waals surface area (Å²) in [6.07, 6.45) is 1.76. The van der Waals surface area contributed by atoms with Crippen LogP contribution in [0.2, 0.25) is 0 Å². The molecule has 0 fully saturated rings. The van der Waals surface area contributed by atoms with E-state index in [1.54, 1.807) is 13.0 Å². The van der Waals surface area contributed by atoms with Gasteiger partial charge in [0.25, 0.3) is 0 Å². The summed E-state index contributed by atoms with van der Waals surface area (Å²) in [5, 5.41) is 6.17. The molecule has 4 N–H and O–H groups in total. The van der Waals surface area contributed by atoms with E-state index in [4.69, 9.17) is 5.73 Å². The maximum atomic E-state index is 11.0. The quantitative estimate of drug-likeness (QED) is 0.676. The van der Waals surface area contributed by atoms with E-state index in [-0.39, 0.29) is 0 Å². The fourth-order valence-corrected chi connectivity index (χ4v) is 1.37. The number of hydrogen-bond donors (Lipinski definition) is 3. The SMILES string of the molecule is CCCNc1cc(NC(C)C(N)=O)nc(CC)n1. The summed E-state index contributed by atoms with van der Waals surface area (Å²) in [4.78, 5) is 19.7. The fourth-order valence-electron chi connectivity index (χ4n) is 1.37. The van der Waals surface area contributed by atoms with Crippen molar-refractivity contribution in [1.82, 2.24) is 9.97 Å². The van der Waals surface area contributed by atoms with Gasteiger partial charge in [0.2, 0.25) is 5.91 Å². The van der Waals surface area contributed by atoms with Crippen molar-refractivity contribution in [2.45, 2.75) is 39.7 Å². The Bertz CT molecular complexity index is 407. The van der Waals surface area contributed by atoms with Crippen LogP contribution in [0.5, 0.6) is 0 Å². The number of nitrogens with zero attached hydrogens (tertiary/aromatic N) is 2. The molecule has 0 aromatic carbocycles. The van der Waals surface area contributed by atoms with E-state index < -0.39 is 11.9 Å². The number of rotatable bonds is 7. The average Bonchev–Trinajstić information content (AvgIpc) is 2.35. The molecule has 0 spiro atoms. The monoisotopic (exact) mass is 251 g/mol. The van der Waals surface area contributed by atoms with Crippen LogP contribution in [0.3, 0.4) is 0 Å². The molecule has 0 bridgehead atoms. The van der Waals surface area contributed by atoms with Crippen LogP contribution < -0.4 is 16.4 Å². The summed E-state index contributed by atoms with van der Waals surface area (Å²) >= 11 is 0. The molecular weight excluding hydrogens is 230 g/mol. The van der Waals surface area contributed by atoms with E-state index in [1.807, 2.05) is 6.92 Å². The highest BCUT2D eigenvalue weighted by Crippen LogP contribution is 2.12. The molecule has 1 unspecified atom stereocenters. The number of anilines is 2. The molecule has 0 aliphatic rings. The number of primary amides is 1. The van der Waals surface area contributed by atoms with Gasteiger partial charge in [0.05, 0.1) is 0 Å². The van der Waals surface area contributed by atoms with E-state index in [1.165, 1.54) is 0 Å². The number of hydrogen-bond acceptors (Lipinski definition) is 5. The molecule has 1 aromatic rings. The number of nitrogens with two attached hydrogens (primary N) is 1. The first-order chi connectivity index (χ1) is 8.56. The lowest BCUT2D eigenvalue weighted by molar-refractivity contribution is -0.118. The molecule has 0 saturated carbocycles. The minimum absolute atomic E-state index is 0.408. The van der Waals surface area contributed by atoms with Crippen molar-refractivity contribution in [3.05, 3.63) is 11.9 Å². The van der Waals surface area contributed by atoms with Gasteiger partial charge in [0.1, 0.15) is 23.5 Å². The Morgan fingerprint density at radius 3 is 2.61 bits per heavy atom. The van der Waals surface area contributed by atoms with E-state index in [0.717, 1.165) is 31.0 Å². The van der Waals surface area contributed by atoms with Crippen molar-refractivity contribution in [2.24, 2.45) is 5.73 Å². The van der Waals surface area contributed by atoms with Crippen molar-refractivity contribution in [3.8, 4) is 0 Å². The van der Waals surface area contributed by atoms with E-state index >= 15 is 0 Å². The Kier molecular flexibility index (Phi) is 5.35. The maximum absolute atomic E-state index is 11.0. The number of aryl methyl sites for hydroxylation is 1. The predicted molar refractivity (Wildman–Crippen MR) is 72.5 cm³/mol. The second-order valence-corrected chi connectivity index (χ2v) is 4.10. The van der Waals surface area contributed by atoms with Crippen molar-refractivity contribution in [3.63, 3.8) is 0 Å². The number of carbonyl (C=O) groups excluding carboxylic acids is 1. The Labute approximate surface area is 107 Å². The fraction of sp³-hybridized carbons (Fsp3) is 0.583. The summed E-state index contributed by atoms with van der Waals surface area (Å²) in [6.45, 7) is 6.63. The molecule has 0 radical (unpaired) electrons. The zero-order chi connectivity index (χ0) is 13.5. The van der Waals surface area contributed by atoms with Crippen LogP contribution in [-0.4, -0.2) is 28.5 Å². The lowest BCUT2D eigenvalue weighted by Gasteiger charge is -2.13. The molecular formula is C12H21N5O. The van der Waals surface area contributed by atoms with Gasteiger partial charge >= 0.3 is 0 Å². The third-order valence-electron chi connectivity index (χ3n) is 2.44. The smallest absolute Gasteiger partial charge is 0.239 e. The third kappa shape index (κ3) is 4.20. The Morgan fingerprint density at radius 2 is 2.06 bits per heavy atom. The largest absolute Gasteiger partial charge is 0.370 e. The van der Waals surface area contributed by atoms with Gasteiger partial charge in [-0.1, -0.05) is 13.8 Å². The Morgan fingerprint density at radius 1 is 1.39 bits per heavy atom. The molecule has 6 nitrogen and oxygen atoms in total. The molecule has 0 aliphatic heterocycles. The first-order valence-corrected chi connectivity index (χ1v) is 6.24. The van der Waals surface area contributed by atoms with Crippen LogP contribution in [0.4, 0.5) is 11.6 Å². The number of nitrogens with one attached hydrogen (secondary N) is 2. The Hall–Kier alpha value is -1.85. The van der Waals surface area contributed by atoms with Gasteiger partial charge in [0, 0.05) is 19.0 Å². The lowest BCUT2D eigenvalue weighted by atomic mass is 10.3. The standard InChI is InChI=1S/C12H21N5O/c1-4-6-14-10-7-11(15-8(3)12(13)18)17-9(5-2)16-10/h7-8H,4-6H2,1-3H3,(H2,13,18)(H2,14,15,16,17). The van der Waals surface area contributed by atoms with Crippen LogP contribution in [0.1, 0.15) is 33.0 Å². The van der Waals surface area contributed by atoms with Gasteiger partial charge in [-0.05, 0) is 13.3 Å². The highest BCUT2D eigenvalue weighted by atomic mass is 16.1. The number of aromatic nitrogens is 2. The minimum Gasteiger partial charge on any atom is -0.370 e. The highest BCUT2D eigenvalue weighted by Gasteiger charge is 2.10. The van der Waals surface area contributed by atoms with Crippen LogP contribution in [-0.2, 0) is 11.2 Å². The van der Waals surface area contributed by atoms with E-state index in [9.17, 15) is 4.79 Å². The molecule has 1 aromatic heterocycles. The zero-order valence-electron chi connectivity index (χ0n) is 11.2. The van der Waals surface area contributed by atoms with Crippen LogP contribution in [0.15, 0.2) is 6.07 Å². The molecule has 6 heteroatoms. The molecule has 1 amide bonds. The summed E-state index contributed by atoms with van der Waals surface area (Å²) in [6, 6.07) is 1.33. The Balaban J connectivity index is 2.86. The first-order valence-electron chi connectivity index (χ1n) is 6.24. The van der Waals surface area contributed by atoms with E-state index in [2.05, 4.69) is 27.5 Å². The zero-order valence-corrected chi connectivity index (χ0v) is 11.2. The van der Waals surface area contributed by atoms with Crippen LogP contribution in [0, 0.1) is 0 Å². The van der Waals surface area contributed by atoms with Crippen molar-refractivity contribution in [2.75, 3.05) is 17.2 Å². The topological polar surface area (TPSA) is 92.9 Å². The maximum Gasteiger partial charge on any atom is 0.239 e. The van der Waals surface area contributed by atoms with Crippen LogP contribution >= 0.6 is 0 Å². The van der Waals surface area contributed by atoms with Crippen molar-refractivity contribution in [1.29, 1.82) is 0 Å². The highest BCUT2D eigenvalue weighted by molar-refractivity contribution is 5.82. The van der Waals surface area contributed by atoms with Gasteiger partial charge in [-0.25, -0.2) is 9.97 Å². The van der Waals surface area contributed by atoms with E-state index in [0.29, 0.717) is 5.82 Å². The molecule has 0 aliphatic carbocycles. The molecule has 1 heterocycles. The van der Waals surface area contributed by atoms with Gasteiger partial charge in [-0.15, -0.1) is 0 Å².